The van der Waals surface area contributed by atoms with E-state index in [-0.39, 0.29) is 0 Å². The summed E-state index contributed by atoms with van der Waals surface area (Å²) in [6, 6.07) is 1.46. The van der Waals surface area contributed by atoms with Crippen molar-refractivity contribution < 1.29 is 0 Å². The van der Waals surface area contributed by atoms with E-state index in [0.717, 1.165) is 17.9 Å². The molecule has 4 unspecified atom stereocenters. The number of hydrogen-bond donors (Lipinski definition) is 1. The Balaban J connectivity index is 2.51. The number of nitrogens with one attached hydrogen (secondary N) is 1. The second kappa shape index (κ2) is 8.16. The zero-order valence-corrected chi connectivity index (χ0v) is 13.2. The van der Waals surface area contributed by atoms with E-state index in [0.29, 0.717) is 6.04 Å². The van der Waals surface area contributed by atoms with Crippen molar-refractivity contribution in [3.05, 3.63) is 0 Å². The predicted molar refractivity (Wildman–Crippen MR) is 81.0 cm³/mol. The molecule has 0 amide bonds. The maximum atomic E-state index is 3.55. The van der Waals surface area contributed by atoms with Crippen LogP contribution in [0.2, 0.25) is 0 Å². The van der Waals surface area contributed by atoms with E-state index in [1.165, 1.54) is 45.1 Å². The molecule has 4 atom stereocenters. The average Bonchev–Trinajstić information content (AvgIpc) is 2.38. The van der Waals surface area contributed by atoms with Crippen LogP contribution in [0.25, 0.3) is 0 Å². The molecule has 0 heterocycles. The molecule has 1 fully saturated rings. The van der Waals surface area contributed by atoms with Gasteiger partial charge in [0.25, 0.3) is 0 Å². The molecular formula is C16H34N2. The van der Waals surface area contributed by atoms with Gasteiger partial charge in [-0.3, -0.25) is 0 Å². The standard InChI is InChI=1S/C16H34N2/c1-6-8-14-9-10-16(17-4)15(11-14)12-18(5)13(3)7-2/h13-17H,6-12H2,1-5H3. The van der Waals surface area contributed by atoms with Gasteiger partial charge in [-0.2, -0.15) is 0 Å². The Labute approximate surface area is 115 Å². The fourth-order valence-electron chi connectivity index (χ4n) is 3.48. The van der Waals surface area contributed by atoms with Crippen molar-refractivity contribution in [2.24, 2.45) is 11.8 Å². The van der Waals surface area contributed by atoms with Crippen LogP contribution in [0.15, 0.2) is 0 Å². The van der Waals surface area contributed by atoms with Crippen molar-refractivity contribution in [3.63, 3.8) is 0 Å². The molecule has 0 aliphatic heterocycles. The molecule has 0 spiro atoms. The van der Waals surface area contributed by atoms with Crippen molar-refractivity contribution in [2.75, 3.05) is 20.6 Å². The Morgan fingerprint density at radius 3 is 2.56 bits per heavy atom. The molecule has 1 aliphatic rings. The average molecular weight is 254 g/mol. The fourth-order valence-corrected chi connectivity index (χ4v) is 3.48. The Kier molecular flexibility index (Phi) is 7.25. The molecule has 0 aromatic rings. The molecule has 108 valence electrons. The van der Waals surface area contributed by atoms with Crippen molar-refractivity contribution >= 4 is 0 Å². The van der Waals surface area contributed by atoms with Gasteiger partial charge in [0.05, 0.1) is 0 Å². The highest BCUT2D eigenvalue weighted by Gasteiger charge is 2.30. The molecule has 0 aromatic carbocycles. The van der Waals surface area contributed by atoms with E-state index < -0.39 is 0 Å². The van der Waals surface area contributed by atoms with E-state index >= 15 is 0 Å². The lowest BCUT2D eigenvalue weighted by atomic mass is 9.76. The fraction of sp³-hybridized carbons (Fsp3) is 1.00. The second-order valence-electron chi connectivity index (χ2n) is 6.32. The maximum absolute atomic E-state index is 3.55. The summed E-state index contributed by atoms with van der Waals surface area (Å²) in [7, 11) is 4.44. The van der Waals surface area contributed by atoms with Crippen LogP contribution in [0.3, 0.4) is 0 Å². The first kappa shape index (κ1) is 16.0. The Morgan fingerprint density at radius 1 is 1.28 bits per heavy atom. The summed E-state index contributed by atoms with van der Waals surface area (Å²) in [4.78, 5) is 2.56. The van der Waals surface area contributed by atoms with E-state index in [1.54, 1.807) is 0 Å². The third-order valence-corrected chi connectivity index (χ3v) is 5.02. The van der Waals surface area contributed by atoms with Crippen LogP contribution in [0, 0.1) is 11.8 Å². The summed E-state index contributed by atoms with van der Waals surface area (Å²) < 4.78 is 0. The van der Waals surface area contributed by atoms with Gasteiger partial charge in [0.1, 0.15) is 0 Å². The zero-order valence-electron chi connectivity index (χ0n) is 13.2. The topological polar surface area (TPSA) is 15.3 Å². The van der Waals surface area contributed by atoms with Gasteiger partial charge in [-0.05, 0) is 58.5 Å². The molecule has 1 rings (SSSR count). The predicted octanol–water partition coefficient (Wildman–Crippen LogP) is 3.52. The van der Waals surface area contributed by atoms with Crippen LogP contribution in [0.4, 0.5) is 0 Å². The van der Waals surface area contributed by atoms with Crippen molar-refractivity contribution in [1.29, 1.82) is 0 Å². The molecule has 2 heteroatoms. The van der Waals surface area contributed by atoms with Crippen LogP contribution in [-0.2, 0) is 0 Å². The summed E-state index contributed by atoms with van der Waals surface area (Å²) in [6.07, 6.45) is 8.28. The first-order chi connectivity index (χ1) is 8.62. The van der Waals surface area contributed by atoms with Gasteiger partial charge < -0.3 is 10.2 Å². The molecule has 1 aliphatic carbocycles. The highest BCUT2D eigenvalue weighted by molar-refractivity contribution is 4.86. The molecule has 0 saturated heterocycles. The number of nitrogens with zero attached hydrogens (tertiary/aromatic N) is 1. The van der Waals surface area contributed by atoms with Crippen LogP contribution in [0.5, 0.6) is 0 Å². The largest absolute Gasteiger partial charge is 0.317 e. The van der Waals surface area contributed by atoms with Gasteiger partial charge >= 0.3 is 0 Å². The normalized spacial score (nSPS) is 30.7. The lowest BCUT2D eigenvalue weighted by Crippen LogP contribution is -2.45. The van der Waals surface area contributed by atoms with E-state index in [4.69, 9.17) is 0 Å². The number of rotatable bonds is 7. The maximum Gasteiger partial charge on any atom is 0.0105 e. The first-order valence-electron chi connectivity index (χ1n) is 7.99. The van der Waals surface area contributed by atoms with Crippen LogP contribution < -0.4 is 5.32 Å². The summed E-state index contributed by atoms with van der Waals surface area (Å²) in [5.41, 5.74) is 0. The molecule has 0 bridgehead atoms. The van der Waals surface area contributed by atoms with Crippen LogP contribution in [0.1, 0.15) is 59.3 Å². The first-order valence-corrected chi connectivity index (χ1v) is 7.99. The summed E-state index contributed by atoms with van der Waals surface area (Å²) in [5.74, 6) is 1.83. The second-order valence-corrected chi connectivity index (χ2v) is 6.32. The Hall–Kier alpha value is -0.0800. The highest BCUT2D eigenvalue weighted by Crippen LogP contribution is 2.32. The summed E-state index contributed by atoms with van der Waals surface area (Å²) >= 11 is 0. The van der Waals surface area contributed by atoms with Gasteiger partial charge in [0, 0.05) is 18.6 Å². The monoisotopic (exact) mass is 254 g/mol. The molecular weight excluding hydrogens is 220 g/mol. The van der Waals surface area contributed by atoms with E-state index in [9.17, 15) is 0 Å². The zero-order chi connectivity index (χ0) is 13.5. The molecule has 2 nitrogen and oxygen atoms in total. The van der Waals surface area contributed by atoms with E-state index in [2.05, 4.69) is 45.1 Å². The van der Waals surface area contributed by atoms with Gasteiger partial charge in [-0.25, -0.2) is 0 Å². The highest BCUT2D eigenvalue weighted by atomic mass is 15.1. The minimum Gasteiger partial charge on any atom is -0.317 e. The molecule has 0 radical (unpaired) electrons. The van der Waals surface area contributed by atoms with E-state index in [1.807, 2.05) is 0 Å². The third kappa shape index (κ3) is 4.55. The van der Waals surface area contributed by atoms with Crippen LogP contribution >= 0.6 is 0 Å². The minimum atomic E-state index is 0.717. The van der Waals surface area contributed by atoms with Gasteiger partial charge in [0.15, 0.2) is 0 Å². The van der Waals surface area contributed by atoms with Gasteiger partial charge in [-0.15, -0.1) is 0 Å². The quantitative estimate of drug-likeness (QED) is 0.748. The lowest BCUT2D eigenvalue weighted by molar-refractivity contribution is 0.132. The molecule has 18 heavy (non-hydrogen) atoms. The van der Waals surface area contributed by atoms with Crippen LogP contribution in [-0.4, -0.2) is 37.6 Å². The minimum absolute atomic E-state index is 0.717. The Morgan fingerprint density at radius 2 is 2.00 bits per heavy atom. The third-order valence-electron chi connectivity index (χ3n) is 5.02. The SMILES string of the molecule is CCCC1CCC(NC)C(CN(C)C(C)CC)C1. The van der Waals surface area contributed by atoms with Gasteiger partial charge in [0.2, 0.25) is 0 Å². The smallest absolute Gasteiger partial charge is 0.0105 e. The molecule has 0 aromatic heterocycles. The van der Waals surface area contributed by atoms with Crippen molar-refractivity contribution in [2.45, 2.75) is 71.4 Å². The lowest BCUT2D eigenvalue weighted by Gasteiger charge is -2.39. The molecule has 1 saturated carbocycles. The summed E-state index contributed by atoms with van der Waals surface area (Å²) in [5, 5.41) is 3.55. The van der Waals surface area contributed by atoms with Crippen molar-refractivity contribution in [1.82, 2.24) is 10.2 Å². The summed E-state index contributed by atoms with van der Waals surface area (Å²) in [6.45, 7) is 8.23. The van der Waals surface area contributed by atoms with Gasteiger partial charge in [-0.1, -0.05) is 26.7 Å². The molecule has 1 N–H and O–H groups in total. The van der Waals surface area contributed by atoms with Crippen molar-refractivity contribution in [3.8, 4) is 0 Å². The number of hydrogen-bond acceptors (Lipinski definition) is 2. The Bertz CT molecular complexity index is 217.